The van der Waals surface area contributed by atoms with E-state index >= 15 is 0 Å². The average molecular weight is 458 g/mol. The van der Waals surface area contributed by atoms with Crippen LogP contribution < -0.4 is 4.74 Å². The highest BCUT2D eigenvalue weighted by Crippen LogP contribution is 2.37. The minimum absolute atomic E-state index is 0.0266. The maximum Gasteiger partial charge on any atom is 0.416 e. The van der Waals surface area contributed by atoms with Crippen molar-refractivity contribution in [3.05, 3.63) is 33.9 Å². The van der Waals surface area contributed by atoms with Crippen molar-refractivity contribution in [2.75, 3.05) is 13.5 Å². The van der Waals surface area contributed by atoms with Gasteiger partial charge in [0.05, 0.1) is 17.6 Å². The van der Waals surface area contributed by atoms with Crippen molar-refractivity contribution >= 4 is 29.2 Å². The SMILES string of the molecule is CCl.COC(=O)[C@@H]1CC(OC(C)=O)CC(Oc2ccc(C(F)(F)F)cc2[N+](=O)[O-])O1. The normalized spacial score (nSPS) is 21.0. The molecule has 0 amide bonds. The Kier molecular flexibility index (Phi) is 9.30. The van der Waals surface area contributed by atoms with Gasteiger partial charge in [-0.15, -0.1) is 11.6 Å². The summed E-state index contributed by atoms with van der Waals surface area (Å²) in [6.45, 7) is 1.15. The van der Waals surface area contributed by atoms with E-state index in [1.54, 1.807) is 0 Å². The first kappa shape index (κ1) is 25.4. The van der Waals surface area contributed by atoms with Gasteiger partial charge in [0.1, 0.15) is 6.10 Å². The number of nitro benzene ring substituents is 1. The van der Waals surface area contributed by atoms with Crippen molar-refractivity contribution in [1.82, 2.24) is 0 Å². The molecule has 3 atom stereocenters. The minimum atomic E-state index is -4.78. The number of esters is 2. The van der Waals surface area contributed by atoms with Gasteiger partial charge in [0.25, 0.3) is 0 Å². The van der Waals surface area contributed by atoms with E-state index in [1.165, 1.54) is 6.38 Å². The fourth-order valence-corrected chi connectivity index (χ4v) is 2.61. The number of methoxy groups -OCH3 is 1. The van der Waals surface area contributed by atoms with Gasteiger partial charge in [-0.2, -0.15) is 13.2 Å². The van der Waals surface area contributed by atoms with Crippen LogP contribution in [0.25, 0.3) is 0 Å². The largest absolute Gasteiger partial charge is 0.467 e. The topological polar surface area (TPSA) is 114 Å². The van der Waals surface area contributed by atoms with Gasteiger partial charge in [0, 0.05) is 32.2 Å². The van der Waals surface area contributed by atoms with Crippen LogP contribution in [0.3, 0.4) is 0 Å². The quantitative estimate of drug-likeness (QED) is 0.286. The van der Waals surface area contributed by atoms with Crippen LogP contribution in [-0.4, -0.2) is 48.9 Å². The lowest BCUT2D eigenvalue weighted by molar-refractivity contribution is -0.386. The zero-order valence-electron chi connectivity index (χ0n) is 16.1. The van der Waals surface area contributed by atoms with Gasteiger partial charge in [0.2, 0.25) is 6.29 Å². The van der Waals surface area contributed by atoms with Crippen molar-refractivity contribution in [2.45, 2.75) is 44.4 Å². The fraction of sp³-hybridized carbons (Fsp3) is 0.529. The molecular weight excluding hydrogens is 439 g/mol. The third kappa shape index (κ3) is 7.02. The number of ether oxygens (including phenoxy) is 4. The predicted molar refractivity (Wildman–Crippen MR) is 96.0 cm³/mol. The molecule has 30 heavy (non-hydrogen) atoms. The van der Waals surface area contributed by atoms with Crippen LogP contribution in [0.5, 0.6) is 5.75 Å². The highest BCUT2D eigenvalue weighted by molar-refractivity contribution is 6.15. The van der Waals surface area contributed by atoms with Crippen LogP contribution in [0.4, 0.5) is 18.9 Å². The third-order valence-electron chi connectivity index (χ3n) is 3.79. The number of halogens is 4. The van der Waals surface area contributed by atoms with E-state index in [0.717, 1.165) is 20.1 Å². The summed E-state index contributed by atoms with van der Waals surface area (Å²) in [6, 6.07) is 1.74. The molecular formula is C17H19ClF3NO8. The monoisotopic (exact) mass is 457 g/mol. The van der Waals surface area contributed by atoms with Crippen LogP contribution in [0, 0.1) is 10.1 Å². The average Bonchev–Trinajstić information content (AvgIpc) is 2.67. The van der Waals surface area contributed by atoms with E-state index < -0.39 is 58.5 Å². The Balaban J connectivity index is 0.00000218. The number of hydrogen-bond acceptors (Lipinski definition) is 8. The second-order valence-electron chi connectivity index (χ2n) is 5.84. The number of hydrogen-bond donors (Lipinski definition) is 0. The number of nitrogens with zero attached hydrogens (tertiary/aromatic N) is 1. The number of carbonyl (C=O) groups is 2. The predicted octanol–water partition coefficient (Wildman–Crippen LogP) is 3.46. The molecule has 1 heterocycles. The van der Waals surface area contributed by atoms with E-state index in [-0.39, 0.29) is 12.8 Å². The molecule has 1 aliphatic heterocycles. The Morgan fingerprint density at radius 3 is 2.40 bits per heavy atom. The van der Waals surface area contributed by atoms with Crippen LogP contribution in [0.1, 0.15) is 25.3 Å². The molecule has 0 saturated carbocycles. The summed E-state index contributed by atoms with van der Waals surface area (Å²) in [5.41, 5.74) is -2.15. The van der Waals surface area contributed by atoms with Crippen molar-refractivity contribution in [3.8, 4) is 5.75 Å². The first-order chi connectivity index (χ1) is 14.0. The number of carbonyl (C=O) groups excluding carboxylic acids is 2. The molecule has 1 fully saturated rings. The molecule has 0 radical (unpaired) electrons. The molecule has 9 nitrogen and oxygen atoms in total. The van der Waals surface area contributed by atoms with Crippen molar-refractivity contribution < 1.29 is 46.6 Å². The van der Waals surface area contributed by atoms with E-state index in [2.05, 4.69) is 16.3 Å². The molecule has 0 bridgehead atoms. The molecule has 2 unspecified atom stereocenters. The van der Waals surface area contributed by atoms with Gasteiger partial charge >= 0.3 is 23.8 Å². The maximum absolute atomic E-state index is 12.8. The molecule has 1 aromatic carbocycles. The van der Waals surface area contributed by atoms with Crippen molar-refractivity contribution in [1.29, 1.82) is 0 Å². The molecule has 1 aliphatic rings. The smallest absolute Gasteiger partial charge is 0.416 e. The zero-order chi connectivity index (χ0) is 23.1. The van der Waals surface area contributed by atoms with Gasteiger partial charge in [0.15, 0.2) is 11.9 Å². The second kappa shape index (κ2) is 11.0. The Hall–Kier alpha value is -2.60. The first-order valence-corrected chi connectivity index (χ1v) is 9.07. The van der Waals surface area contributed by atoms with Gasteiger partial charge < -0.3 is 18.9 Å². The standard InChI is InChI=1S/C16H16F3NO8.CH3Cl/c1-8(21)26-10-6-13(15(22)25-2)28-14(7-10)27-12-4-3-9(16(17,18)19)5-11(12)20(23)24;1-2/h3-5,10,13-14H,6-7H2,1-2H3;1H3/t10?,13-,14?;/m0./s1. The second-order valence-corrected chi connectivity index (χ2v) is 5.84. The van der Waals surface area contributed by atoms with Crippen LogP contribution in [-0.2, 0) is 30.0 Å². The Morgan fingerprint density at radius 2 is 1.90 bits per heavy atom. The van der Waals surface area contributed by atoms with Crippen LogP contribution >= 0.6 is 11.6 Å². The molecule has 0 aromatic heterocycles. The fourth-order valence-electron chi connectivity index (χ4n) is 2.61. The lowest BCUT2D eigenvalue weighted by atomic mass is 10.0. The van der Waals surface area contributed by atoms with Crippen molar-refractivity contribution in [2.24, 2.45) is 0 Å². The van der Waals surface area contributed by atoms with Crippen molar-refractivity contribution in [3.63, 3.8) is 0 Å². The highest BCUT2D eigenvalue weighted by atomic mass is 35.5. The molecule has 13 heteroatoms. The molecule has 1 saturated heterocycles. The Labute approximate surface area is 174 Å². The van der Waals surface area contributed by atoms with E-state index in [1.807, 2.05) is 0 Å². The zero-order valence-corrected chi connectivity index (χ0v) is 16.9. The molecule has 0 aliphatic carbocycles. The van der Waals surface area contributed by atoms with E-state index in [0.29, 0.717) is 12.1 Å². The molecule has 2 rings (SSSR count). The van der Waals surface area contributed by atoms with Gasteiger partial charge in [-0.05, 0) is 12.1 Å². The highest BCUT2D eigenvalue weighted by Gasteiger charge is 2.39. The molecule has 168 valence electrons. The molecule has 0 N–H and O–H groups in total. The Bertz CT molecular complexity index is 774. The summed E-state index contributed by atoms with van der Waals surface area (Å²) in [4.78, 5) is 33.0. The number of nitro groups is 1. The summed E-state index contributed by atoms with van der Waals surface area (Å²) >= 11 is 4.64. The summed E-state index contributed by atoms with van der Waals surface area (Å²) in [7, 11) is 1.11. The van der Waals surface area contributed by atoms with Crippen LogP contribution in [0.15, 0.2) is 18.2 Å². The summed E-state index contributed by atoms with van der Waals surface area (Å²) in [5, 5.41) is 11.1. The Morgan fingerprint density at radius 1 is 1.27 bits per heavy atom. The van der Waals surface area contributed by atoms with E-state index in [9.17, 15) is 32.9 Å². The summed E-state index contributed by atoms with van der Waals surface area (Å²) in [6.07, 6.45) is -6.71. The minimum Gasteiger partial charge on any atom is -0.467 e. The van der Waals surface area contributed by atoms with Gasteiger partial charge in [-0.25, -0.2) is 4.79 Å². The summed E-state index contributed by atoms with van der Waals surface area (Å²) < 4.78 is 58.6. The number of alkyl halides is 4. The third-order valence-corrected chi connectivity index (χ3v) is 3.79. The maximum atomic E-state index is 12.8. The lowest BCUT2D eigenvalue weighted by Crippen LogP contribution is -2.44. The molecule has 1 aromatic rings. The van der Waals surface area contributed by atoms with Gasteiger partial charge in [-0.3, -0.25) is 14.9 Å². The van der Waals surface area contributed by atoms with Gasteiger partial charge in [-0.1, -0.05) is 0 Å². The lowest BCUT2D eigenvalue weighted by Gasteiger charge is -2.33. The first-order valence-electron chi connectivity index (χ1n) is 8.32. The number of rotatable bonds is 5. The van der Waals surface area contributed by atoms with Crippen LogP contribution in [0.2, 0.25) is 0 Å². The molecule has 0 spiro atoms. The summed E-state index contributed by atoms with van der Waals surface area (Å²) in [5.74, 6) is -1.91. The number of benzene rings is 1. The van der Waals surface area contributed by atoms with E-state index in [4.69, 9.17) is 14.2 Å².